The Labute approximate surface area is 113 Å². The van der Waals surface area contributed by atoms with Crippen molar-refractivity contribution in [3.63, 3.8) is 0 Å². The number of primary amides is 1. The fourth-order valence-electron chi connectivity index (χ4n) is 1.73. The van der Waals surface area contributed by atoms with Crippen LogP contribution in [0.25, 0.3) is 0 Å². The smallest absolute Gasteiger partial charge is 0.248 e. The van der Waals surface area contributed by atoms with Gasteiger partial charge in [0.2, 0.25) is 5.91 Å². The number of amides is 1. The van der Waals surface area contributed by atoms with E-state index in [1.54, 1.807) is 6.07 Å². The molecule has 19 heavy (non-hydrogen) atoms. The van der Waals surface area contributed by atoms with Gasteiger partial charge in [-0.05, 0) is 23.6 Å². The molecular weight excluding hydrogens is 264 g/mol. The van der Waals surface area contributed by atoms with Crippen LogP contribution in [0.5, 0.6) is 0 Å². The van der Waals surface area contributed by atoms with Gasteiger partial charge < -0.3 is 11.5 Å². The monoisotopic (exact) mass is 284 g/mol. The number of carbonyl (C=O) groups excluding carboxylic acids is 1. The molecule has 1 aromatic rings. The lowest BCUT2D eigenvalue weighted by Gasteiger charge is -2.11. The molecule has 0 aliphatic heterocycles. The number of nitrogen functional groups attached to an aromatic ring is 1. The van der Waals surface area contributed by atoms with E-state index in [4.69, 9.17) is 11.5 Å². The fraction of sp³-hybridized carbons (Fsp3) is 0.462. The van der Waals surface area contributed by atoms with E-state index in [9.17, 15) is 13.2 Å². The van der Waals surface area contributed by atoms with Gasteiger partial charge in [0.1, 0.15) is 0 Å². The predicted octanol–water partition coefficient (Wildman–Crippen LogP) is 1.33. The van der Waals surface area contributed by atoms with E-state index in [-0.39, 0.29) is 28.7 Å². The summed E-state index contributed by atoms with van der Waals surface area (Å²) in [4.78, 5) is 11.0. The van der Waals surface area contributed by atoms with Crippen LogP contribution >= 0.6 is 0 Å². The van der Waals surface area contributed by atoms with E-state index in [1.165, 1.54) is 12.1 Å². The second kappa shape index (κ2) is 6.06. The summed E-state index contributed by atoms with van der Waals surface area (Å²) in [5.41, 5.74) is 12.0. The maximum atomic E-state index is 12.0. The van der Waals surface area contributed by atoms with Gasteiger partial charge in [0.15, 0.2) is 9.84 Å². The number of sulfone groups is 1. The minimum Gasteiger partial charge on any atom is -0.398 e. The Kier molecular flexibility index (Phi) is 4.94. The standard InChI is InChI=1S/C13H20N2O3S/c1-3-9(2)7-19(17,18)8-11-5-4-10(13(15)16)6-12(11)14/h4-6,9H,3,7-8,14H2,1-2H3,(H2,15,16). The fourth-order valence-corrected chi connectivity index (χ4v) is 3.68. The summed E-state index contributed by atoms with van der Waals surface area (Å²) in [7, 11) is -3.20. The van der Waals surface area contributed by atoms with Crippen LogP contribution in [0, 0.1) is 5.92 Å². The van der Waals surface area contributed by atoms with Gasteiger partial charge in [-0.15, -0.1) is 0 Å². The number of carbonyl (C=O) groups is 1. The molecule has 0 aromatic heterocycles. The third-order valence-corrected chi connectivity index (χ3v) is 4.87. The first-order chi connectivity index (χ1) is 8.75. The van der Waals surface area contributed by atoms with Crippen molar-refractivity contribution in [2.24, 2.45) is 11.7 Å². The maximum absolute atomic E-state index is 12.0. The number of hydrogen-bond donors (Lipinski definition) is 2. The molecule has 0 aliphatic rings. The van der Waals surface area contributed by atoms with Crippen LogP contribution in [0.1, 0.15) is 36.2 Å². The minimum absolute atomic E-state index is 0.109. The van der Waals surface area contributed by atoms with Gasteiger partial charge in [0.25, 0.3) is 0 Å². The van der Waals surface area contributed by atoms with Gasteiger partial charge >= 0.3 is 0 Å². The van der Waals surface area contributed by atoms with E-state index in [1.807, 2.05) is 13.8 Å². The van der Waals surface area contributed by atoms with Crippen molar-refractivity contribution in [3.8, 4) is 0 Å². The van der Waals surface area contributed by atoms with Crippen LogP contribution in [0.4, 0.5) is 5.69 Å². The van der Waals surface area contributed by atoms with Crippen molar-refractivity contribution in [2.45, 2.75) is 26.0 Å². The number of hydrogen-bond acceptors (Lipinski definition) is 4. The van der Waals surface area contributed by atoms with Crippen molar-refractivity contribution in [2.75, 3.05) is 11.5 Å². The number of nitrogens with two attached hydrogens (primary N) is 2. The summed E-state index contributed by atoms with van der Waals surface area (Å²) in [5, 5.41) is 0. The second-order valence-electron chi connectivity index (χ2n) is 4.85. The minimum atomic E-state index is -3.20. The van der Waals surface area contributed by atoms with Crippen molar-refractivity contribution in [3.05, 3.63) is 29.3 Å². The number of benzene rings is 1. The zero-order valence-electron chi connectivity index (χ0n) is 11.2. The van der Waals surface area contributed by atoms with Crippen molar-refractivity contribution in [1.82, 2.24) is 0 Å². The molecular formula is C13H20N2O3S. The third-order valence-electron chi connectivity index (χ3n) is 3.04. The molecule has 0 aliphatic carbocycles. The molecule has 0 fully saturated rings. The first kappa shape index (κ1) is 15.5. The highest BCUT2D eigenvalue weighted by atomic mass is 32.2. The molecule has 6 heteroatoms. The van der Waals surface area contributed by atoms with Crippen LogP contribution in [0.3, 0.4) is 0 Å². The molecule has 106 valence electrons. The first-order valence-corrected chi connectivity index (χ1v) is 7.96. The Morgan fingerprint density at radius 3 is 2.47 bits per heavy atom. The zero-order valence-corrected chi connectivity index (χ0v) is 12.0. The molecule has 1 rings (SSSR count). The Morgan fingerprint density at radius 1 is 1.37 bits per heavy atom. The maximum Gasteiger partial charge on any atom is 0.248 e. The Hall–Kier alpha value is -1.56. The lowest BCUT2D eigenvalue weighted by molar-refractivity contribution is 0.100. The largest absolute Gasteiger partial charge is 0.398 e. The second-order valence-corrected chi connectivity index (χ2v) is 6.95. The molecule has 0 heterocycles. The van der Waals surface area contributed by atoms with Crippen LogP contribution in [-0.2, 0) is 15.6 Å². The Balaban J connectivity index is 2.91. The van der Waals surface area contributed by atoms with E-state index < -0.39 is 15.7 Å². The summed E-state index contributed by atoms with van der Waals surface area (Å²) >= 11 is 0. The van der Waals surface area contributed by atoms with Crippen molar-refractivity contribution < 1.29 is 13.2 Å². The number of rotatable bonds is 6. The highest BCUT2D eigenvalue weighted by molar-refractivity contribution is 7.90. The quantitative estimate of drug-likeness (QED) is 0.769. The van der Waals surface area contributed by atoms with Crippen molar-refractivity contribution in [1.29, 1.82) is 0 Å². The van der Waals surface area contributed by atoms with Crippen LogP contribution < -0.4 is 11.5 Å². The lowest BCUT2D eigenvalue weighted by Crippen LogP contribution is -2.17. The van der Waals surface area contributed by atoms with E-state index in [0.717, 1.165) is 6.42 Å². The summed E-state index contributed by atoms with van der Waals surface area (Å²) in [5.74, 6) is -0.431. The van der Waals surface area contributed by atoms with Crippen LogP contribution in [0.2, 0.25) is 0 Å². The average Bonchev–Trinajstić information content (AvgIpc) is 2.30. The molecule has 1 unspecified atom stereocenters. The van der Waals surface area contributed by atoms with Crippen LogP contribution in [0.15, 0.2) is 18.2 Å². The van der Waals surface area contributed by atoms with Crippen molar-refractivity contribution >= 4 is 21.4 Å². The highest BCUT2D eigenvalue weighted by Gasteiger charge is 2.17. The molecule has 5 nitrogen and oxygen atoms in total. The Bertz CT molecular complexity index is 567. The molecule has 0 radical (unpaired) electrons. The highest BCUT2D eigenvalue weighted by Crippen LogP contribution is 2.19. The SMILES string of the molecule is CCC(C)CS(=O)(=O)Cc1ccc(C(N)=O)cc1N. The number of anilines is 1. The molecule has 4 N–H and O–H groups in total. The van der Waals surface area contributed by atoms with Gasteiger partial charge in [-0.2, -0.15) is 0 Å². The topological polar surface area (TPSA) is 103 Å². The molecule has 1 amide bonds. The average molecular weight is 284 g/mol. The summed E-state index contributed by atoms with van der Waals surface area (Å²) in [6.45, 7) is 3.85. The summed E-state index contributed by atoms with van der Waals surface area (Å²) < 4.78 is 24.0. The Morgan fingerprint density at radius 2 is 2.00 bits per heavy atom. The lowest BCUT2D eigenvalue weighted by atomic mass is 10.1. The normalized spacial score (nSPS) is 13.2. The van der Waals surface area contributed by atoms with Gasteiger partial charge in [-0.25, -0.2) is 8.42 Å². The van der Waals surface area contributed by atoms with E-state index in [2.05, 4.69) is 0 Å². The van der Waals surface area contributed by atoms with E-state index in [0.29, 0.717) is 5.56 Å². The molecule has 0 saturated carbocycles. The molecule has 1 atom stereocenters. The zero-order chi connectivity index (χ0) is 14.6. The van der Waals surface area contributed by atoms with Gasteiger partial charge in [-0.1, -0.05) is 26.3 Å². The summed E-state index contributed by atoms with van der Waals surface area (Å²) in [6.07, 6.45) is 0.815. The molecule has 0 bridgehead atoms. The third kappa shape index (κ3) is 4.55. The molecule has 1 aromatic carbocycles. The molecule has 0 spiro atoms. The molecule has 0 saturated heterocycles. The van der Waals surface area contributed by atoms with Gasteiger partial charge in [-0.3, -0.25) is 4.79 Å². The summed E-state index contributed by atoms with van der Waals surface area (Å²) in [6, 6.07) is 4.45. The van der Waals surface area contributed by atoms with Crippen LogP contribution in [-0.4, -0.2) is 20.1 Å². The van der Waals surface area contributed by atoms with Gasteiger partial charge in [0, 0.05) is 11.3 Å². The first-order valence-electron chi connectivity index (χ1n) is 6.13. The van der Waals surface area contributed by atoms with Gasteiger partial charge in [0.05, 0.1) is 11.5 Å². The van der Waals surface area contributed by atoms with E-state index >= 15 is 0 Å². The predicted molar refractivity (Wildman–Crippen MR) is 76.3 cm³/mol.